The lowest BCUT2D eigenvalue weighted by Crippen LogP contribution is -2.61. The molecule has 0 spiro atoms. The summed E-state index contributed by atoms with van der Waals surface area (Å²) >= 11 is 0. The number of carbonyl (C=O) groups is 3. The quantitative estimate of drug-likeness (QED) is 0.706. The number of methoxy groups -OCH3 is 1. The molecule has 1 N–H and O–H groups in total. The number of piperazine rings is 1. The van der Waals surface area contributed by atoms with Gasteiger partial charge in [0, 0.05) is 26.1 Å². The van der Waals surface area contributed by atoms with Gasteiger partial charge >= 0.3 is 12.0 Å². The van der Waals surface area contributed by atoms with Gasteiger partial charge in [0.2, 0.25) is 5.91 Å². The van der Waals surface area contributed by atoms with E-state index in [2.05, 4.69) is 10.1 Å². The highest BCUT2D eigenvalue weighted by Crippen LogP contribution is 2.12. The van der Waals surface area contributed by atoms with Gasteiger partial charge in [-0.15, -0.1) is 0 Å². The van der Waals surface area contributed by atoms with Crippen LogP contribution in [0.25, 0.3) is 0 Å². The summed E-state index contributed by atoms with van der Waals surface area (Å²) in [5, 5.41) is 2.77. The van der Waals surface area contributed by atoms with Crippen LogP contribution in [0.4, 0.5) is 4.79 Å². The van der Waals surface area contributed by atoms with Gasteiger partial charge < -0.3 is 19.9 Å². The molecular weight excluding hydrogens is 250 g/mol. The highest BCUT2D eigenvalue weighted by molar-refractivity contribution is 5.85. The molecule has 19 heavy (non-hydrogen) atoms. The number of nitrogens with zero attached hydrogens (tertiary/aromatic N) is 2. The van der Waals surface area contributed by atoms with Crippen LogP contribution in [0.3, 0.4) is 0 Å². The van der Waals surface area contributed by atoms with Gasteiger partial charge in [-0.2, -0.15) is 0 Å². The second-order valence-electron chi connectivity index (χ2n) is 4.80. The predicted octanol–water partition coefficient (Wildman–Crippen LogP) is -0.190. The average molecular weight is 271 g/mol. The van der Waals surface area contributed by atoms with Crippen molar-refractivity contribution < 1.29 is 19.1 Å². The number of amides is 3. The van der Waals surface area contributed by atoms with Crippen molar-refractivity contribution in [2.24, 2.45) is 0 Å². The van der Waals surface area contributed by atoms with Crippen LogP contribution < -0.4 is 5.32 Å². The number of hydrogen-bond acceptors (Lipinski definition) is 4. The fourth-order valence-electron chi connectivity index (χ4n) is 2.02. The molecule has 0 aromatic carbocycles. The van der Waals surface area contributed by atoms with E-state index in [1.54, 1.807) is 0 Å². The fraction of sp³-hybridized carbons (Fsp3) is 0.750. The Morgan fingerprint density at radius 1 is 1.26 bits per heavy atom. The minimum Gasteiger partial charge on any atom is -0.467 e. The molecule has 1 fully saturated rings. The fourth-order valence-corrected chi connectivity index (χ4v) is 2.02. The summed E-state index contributed by atoms with van der Waals surface area (Å²) in [6, 6.07) is -0.934. The molecule has 0 radical (unpaired) electrons. The van der Waals surface area contributed by atoms with E-state index < -0.39 is 12.0 Å². The molecule has 7 heteroatoms. The Balaban J connectivity index is 2.76. The first-order valence-electron chi connectivity index (χ1n) is 6.27. The molecule has 1 rings (SSSR count). The molecule has 1 heterocycles. The molecule has 1 aliphatic rings. The maximum absolute atomic E-state index is 11.9. The Bertz CT molecular complexity index is 370. The van der Waals surface area contributed by atoms with E-state index >= 15 is 0 Å². The summed E-state index contributed by atoms with van der Waals surface area (Å²) in [5.74, 6) is -0.698. The van der Waals surface area contributed by atoms with E-state index in [9.17, 15) is 14.4 Å². The molecule has 0 saturated carbocycles. The second kappa shape index (κ2) is 6.40. The summed E-state index contributed by atoms with van der Waals surface area (Å²) < 4.78 is 4.69. The smallest absolute Gasteiger partial charge is 0.330 e. The molecule has 3 amide bonds. The molecule has 1 atom stereocenters. The van der Waals surface area contributed by atoms with E-state index in [4.69, 9.17) is 0 Å². The largest absolute Gasteiger partial charge is 0.467 e. The number of hydrogen-bond donors (Lipinski definition) is 1. The molecule has 0 aromatic rings. The van der Waals surface area contributed by atoms with Crippen molar-refractivity contribution in [1.82, 2.24) is 15.1 Å². The Morgan fingerprint density at radius 2 is 1.89 bits per heavy atom. The molecule has 0 aromatic heterocycles. The van der Waals surface area contributed by atoms with Gasteiger partial charge in [0.1, 0.15) is 6.04 Å². The maximum atomic E-state index is 11.9. The minimum absolute atomic E-state index is 0.0231. The van der Waals surface area contributed by atoms with Crippen LogP contribution in [-0.4, -0.2) is 66.5 Å². The van der Waals surface area contributed by atoms with E-state index in [0.717, 1.165) is 0 Å². The molecule has 0 unspecified atom stereocenters. The SMILES string of the molecule is COC(=O)[C@@H]1CN(C(=O)NC(C)C)CCN1C(C)=O. The first-order valence-corrected chi connectivity index (χ1v) is 6.27. The lowest BCUT2D eigenvalue weighted by Gasteiger charge is -2.39. The van der Waals surface area contributed by atoms with Crippen LogP contribution >= 0.6 is 0 Å². The zero-order chi connectivity index (χ0) is 14.6. The van der Waals surface area contributed by atoms with Gasteiger partial charge in [-0.1, -0.05) is 0 Å². The Morgan fingerprint density at radius 3 is 2.37 bits per heavy atom. The third kappa shape index (κ3) is 3.84. The van der Waals surface area contributed by atoms with Crippen molar-refractivity contribution in [2.75, 3.05) is 26.7 Å². The van der Waals surface area contributed by atoms with E-state index in [-0.39, 0.29) is 24.5 Å². The summed E-state index contributed by atoms with van der Waals surface area (Å²) in [4.78, 5) is 38.0. The van der Waals surface area contributed by atoms with Crippen LogP contribution in [0.5, 0.6) is 0 Å². The molecule has 1 saturated heterocycles. The van der Waals surface area contributed by atoms with E-state index in [1.807, 2.05) is 13.8 Å². The summed E-state index contributed by atoms with van der Waals surface area (Å²) in [6.45, 7) is 6.03. The van der Waals surface area contributed by atoms with Crippen LogP contribution in [0.1, 0.15) is 20.8 Å². The molecule has 0 bridgehead atoms. The molecule has 7 nitrogen and oxygen atoms in total. The normalized spacial score (nSPS) is 19.3. The first-order chi connectivity index (χ1) is 8.86. The van der Waals surface area contributed by atoms with E-state index in [0.29, 0.717) is 13.1 Å². The number of urea groups is 1. The van der Waals surface area contributed by atoms with Crippen molar-refractivity contribution >= 4 is 17.9 Å². The standard InChI is InChI=1S/C12H21N3O4/c1-8(2)13-12(18)14-5-6-15(9(3)16)10(7-14)11(17)19-4/h8,10H,5-7H2,1-4H3,(H,13,18)/t10-/m0/s1. The second-order valence-corrected chi connectivity index (χ2v) is 4.80. The van der Waals surface area contributed by atoms with Crippen molar-refractivity contribution in [3.8, 4) is 0 Å². The minimum atomic E-state index is -0.728. The van der Waals surface area contributed by atoms with Crippen LogP contribution in [-0.2, 0) is 14.3 Å². The molecule has 1 aliphatic heterocycles. The van der Waals surface area contributed by atoms with Crippen molar-refractivity contribution in [3.05, 3.63) is 0 Å². The molecular formula is C12H21N3O4. The van der Waals surface area contributed by atoms with Gasteiger partial charge in [0.25, 0.3) is 0 Å². The van der Waals surface area contributed by atoms with Gasteiger partial charge in [-0.3, -0.25) is 4.79 Å². The van der Waals surface area contributed by atoms with Gasteiger partial charge in [-0.05, 0) is 13.8 Å². The third-order valence-corrected chi connectivity index (χ3v) is 2.96. The highest BCUT2D eigenvalue weighted by Gasteiger charge is 2.36. The summed E-state index contributed by atoms with van der Waals surface area (Å²) in [7, 11) is 1.27. The molecule has 0 aliphatic carbocycles. The number of esters is 1. The lowest BCUT2D eigenvalue weighted by atomic mass is 10.1. The number of carbonyl (C=O) groups excluding carboxylic acids is 3. The Kier molecular flexibility index (Phi) is 5.14. The lowest BCUT2D eigenvalue weighted by molar-refractivity contribution is -0.154. The monoisotopic (exact) mass is 271 g/mol. The summed E-state index contributed by atoms with van der Waals surface area (Å²) in [5.41, 5.74) is 0. The van der Waals surface area contributed by atoms with Crippen LogP contribution in [0.2, 0.25) is 0 Å². The van der Waals surface area contributed by atoms with Crippen molar-refractivity contribution in [1.29, 1.82) is 0 Å². The number of rotatable bonds is 2. The van der Waals surface area contributed by atoms with Gasteiger partial charge in [0.05, 0.1) is 13.7 Å². The summed E-state index contributed by atoms with van der Waals surface area (Å²) in [6.07, 6.45) is 0. The van der Waals surface area contributed by atoms with Crippen molar-refractivity contribution in [3.63, 3.8) is 0 Å². The first kappa shape index (κ1) is 15.3. The van der Waals surface area contributed by atoms with E-state index in [1.165, 1.54) is 23.8 Å². The van der Waals surface area contributed by atoms with Gasteiger partial charge in [-0.25, -0.2) is 9.59 Å². The number of nitrogens with one attached hydrogen (secondary N) is 1. The highest BCUT2D eigenvalue weighted by atomic mass is 16.5. The van der Waals surface area contributed by atoms with Crippen LogP contribution in [0, 0.1) is 0 Å². The predicted molar refractivity (Wildman–Crippen MR) is 68.4 cm³/mol. The third-order valence-electron chi connectivity index (χ3n) is 2.96. The van der Waals surface area contributed by atoms with Crippen molar-refractivity contribution in [2.45, 2.75) is 32.9 Å². The number of ether oxygens (including phenoxy) is 1. The molecule has 108 valence electrons. The topological polar surface area (TPSA) is 79.0 Å². The maximum Gasteiger partial charge on any atom is 0.330 e. The van der Waals surface area contributed by atoms with Crippen LogP contribution in [0.15, 0.2) is 0 Å². The zero-order valence-electron chi connectivity index (χ0n) is 11.8. The average Bonchev–Trinajstić information content (AvgIpc) is 2.36. The zero-order valence-corrected chi connectivity index (χ0v) is 11.8. The Hall–Kier alpha value is -1.79. The van der Waals surface area contributed by atoms with Gasteiger partial charge in [0.15, 0.2) is 0 Å². The Labute approximate surface area is 112 Å².